The molecule has 0 aromatic heterocycles. The zero-order valence-corrected chi connectivity index (χ0v) is 13.3. The monoisotopic (exact) mass is 332 g/mol. The fraction of sp³-hybridized carbons (Fsp3) is 0.625. The van der Waals surface area contributed by atoms with Gasteiger partial charge < -0.3 is 4.90 Å². The van der Waals surface area contributed by atoms with Gasteiger partial charge in [0.25, 0.3) is 0 Å². The number of likely N-dealkylation sites (tertiary alicyclic amines) is 2. The molecular formula is C16H20ClF3N2. The summed E-state index contributed by atoms with van der Waals surface area (Å²) in [6, 6.07) is 3.59. The summed E-state index contributed by atoms with van der Waals surface area (Å²) >= 11 is 6.10. The first kappa shape index (κ1) is 16.1. The molecule has 0 N–H and O–H groups in total. The Labute approximate surface area is 133 Å². The van der Waals surface area contributed by atoms with Gasteiger partial charge in [-0.3, -0.25) is 4.90 Å². The van der Waals surface area contributed by atoms with Crippen molar-refractivity contribution in [2.75, 3.05) is 33.2 Å². The highest BCUT2D eigenvalue weighted by Gasteiger charge is 2.42. The Bertz CT molecular complexity index is 561. The van der Waals surface area contributed by atoms with Crippen LogP contribution in [0.15, 0.2) is 18.2 Å². The van der Waals surface area contributed by atoms with E-state index in [0.717, 1.165) is 38.7 Å². The molecule has 122 valence electrons. The number of nitrogens with zero attached hydrogens (tertiary/aromatic N) is 2. The highest BCUT2D eigenvalue weighted by atomic mass is 35.5. The lowest BCUT2D eigenvalue weighted by atomic mass is 9.86. The Morgan fingerprint density at radius 3 is 2.55 bits per heavy atom. The molecule has 1 spiro atoms. The first-order valence-corrected chi connectivity index (χ1v) is 7.92. The van der Waals surface area contributed by atoms with Crippen molar-refractivity contribution in [3.8, 4) is 0 Å². The average Bonchev–Trinajstić information content (AvgIpc) is 2.98. The number of halogens is 4. The molecule has 0 radical (unpaired) electrons. The maximum Gasteiger partial charge on any atom is 0.416 e. The number of hydrogen-bond acceptors (Lipinski definition) is 2. The van der Waals surface area contributed by atoms with E-state index < -0.39 is 11.7 Å². The van der Waals surface area contributed by atoms with Gasteiger partial charge in [-0.15, -0.1) is 0 Å². The normalized spacial score (nSPS) is 27.1. The van der Waals surface area contributed by atoms with Crippen LogP contribution in [0.5, 0.6) is 0 Å². The number of benzene rings is 1. The third-order valence-electron chi connectivity index (χ3n) is 4.91. The van der Waals surface area contributed by atoms with E-state index in [1.807, 2.05) is 0 Å². The lowest BCUT2D eigenvalue weighted by molar-refractivity contribution is -0.137. The summed E-state index contributed by atoms with van der Waals surface area (Å²) in [5.41, 5.74) is 0.268. The van der Waals surface area contributed by atoms with E-state index in [-0.39, 0.29) is 0 Å². The summed E-state index contributed by atoms with van der Waals surface area (Å²) < 4.78 is 38.5. The van der Waals surface area contributed by atoms with Gasteiger partial charge in [-0.1, -0.05) is 11.6 Å². The molecular weight excluding hydrogens is 313 g/mol. The molecule has 2 fully saturated rings. The summed E-state index contributed by atoms with van der Waals surface area (Å²) in [5, 5.41) is 0.414. The van der Waals surface area contributed by atoms with E-state index >= 15 is 0 Å². The van der Waals surface area contributed by atoms with Crippen molar-refractivity contribution in [2.24, 2.45) is 5.41 Å². The minimum absolute atomic E-state index is 0.322. The van der Waals surface area contributed by atoms with E-state index in [9.17, 15) is 13.2 Å². The van der Waals surface area contributed by atoms with Gasteiger partial charge >= 0.3 is 6.18 Å². The van der Waals surface area contributed by atoms with Gasteiger partial charge in [-0.05, 0) is 62.2 Å². The molecule has 0 aliphatic carbocycles. The minimum Gasteiger partial charge on any atom is -0.306 e. The summed E-state index contributed by atoms with van der Waals surface area (Å²) in [5.74, 6) is 0. The summed E-state index contributed by atoms with van der Waals surface area (Å²) in [6.45, 7) is 4.57. The SMILES string of the molecule is CN1CC[C@@]2(CCN(Cc3cc(C(F)(F)F)ccc3Cl)C2)C1. The summed E-state index contributed by atoms with van der Waals surface area (Å²) in [6.07, 6.45) is -2.02. The lowest BCUT2D eigenvalue weighted by Crippen LogP contribution is -2.29. The molecule has 3 rings (SSSR count). The molecule has 1 aromatic carbocycles. The number of rotatable bonds is 2. The van der Waals surface area contributed by atoms with Crippen LogP contribution in [-0.2, 0) is 12.7 Å². The first-order valence-electron chi connectivity index (χ1n) is 7.54. The van der Waals surface area contributed by atoms with E-state index in [0.29, 0.717) is 22.5 Å². The Morgan fingerprint density at radius 1 is 1.18 bits per heavy atom. The average molecular weight is 333 g/mol. The van der Waals surface area contributed by atoms with Crippen molar-refractivity contribution in [3.05, 3.63) is 34.3 Å². The smallest absolute Gasteiger partial charge is 0.306 e. The molecule has 0 amide bonds. The fourth-order valence-corrected chi connectivity index (χ4v) is 3.94. The molecule has 0 unspecified atom stereocenters. The number of hydrogen-bond donors (Lipinski definition) is 0. The van der Waals surface area contributed by atoms with E-state index in [4.69, 9.17) is 11.6 Å². The van der Waals surface area contributed by atoms with Gasteiger partial charge in [0.05, 0.1) is 5.56 Å². The van der Waals surface area contributed by atoms with Crippen LogP contribution in [0.1, 0.15) is 24.0 Å². The van der Waals surface area contributed by atoms with Gasteiger partial charge in [0.2, 0.25) is 0 Å². The predicted octanol–water partition coefficient (Wildman–Crippen LogP) is 3.89. The fourth-order valence-electron chi connectivity index (χ4n) is 3.77. The van der Waals surface area contributed by atoms with Crippen molar-refractivity contribution >= 4 is 11.6 Å². The molecule has 1 aromatic rings. The van der Waals surface area contributed by atoms with Crippen LogP contribution in [0.4, 0.5) is 13.2 Å². The Hall–Kier alpha value is -0.780. The van der Waals surface area contributed by atoms with Crippen LogP contribution < -0.4 is 0 Å². The van der Waals surface area contributed by atoms with Crippen LogP contribution in [-0.4, -0.2) is 43.0 Å². The van der Waals surface area contributed by atoms with Gasteiger partial charge in [0.15, 0.2) is 0 Å². The molecule has 0 bridgehead atoms. The minimum atomic E-state index is -4.32. The standard InChI is InChI=1S/C16H20ClF3N2/c1-21-6-4-15(10-21)5-7-22(11-15)9-12-8-13(16(18,19)20)2-3-14(12)17/h2-3,8H,4-7,9-11H2,1H3/t15-/m1/s1. The highest BCUT2D eigenvalue weighted by Crippen LogP contribution is 2.40. The molecule has 1 atom stereocenters. The van der Waals surface area contributed by atoms with Crippen LogP contribution in [0.2, 0.25) is 5.02 Å². The van der Waals surface area contributed by atoms with Gasteiger partial charge in [0, 0.05) is 24.7 Å². The van der Waals surface area contributed by atoms with E-state index in [1.165, 1.54) is 18.6 Å². The van der Waals surface area contributed by atoms with Crippen molar-refractivity contribution in [1.29, 1.82) is 0 Å². The first-order chi connectivity index (χ1) is 10.3. The molecule has 2 saturated heterocycles. The predicted molar refractivity (Wildman–Crippen MR) is 80.9 cm³/mol. The second-order valence-corrected chi connectivity index (χ2v) is 7.16. The second kappa shape index (κ2) is 5.69. The summed E-state index contributed by atoms with van der Waals surface area (Å²) in [4.78, 5) is 4.57. The molecule has 6 heteroatoms. The molecule has 22 heavy (non-hydrogen) atoms. The topological polar surface area (TPSA) is 6.48 Å². The van der Waals surface area contributed by atoms with E-state index in [1.54, 1.807) is 0 Å². The Balaban J connectivity index is 1.72. The lowest BCUT2D eigenvalue weighted by Gasteiger charge is -2.24. The van der Waals surface area contributed by atoms with Gasteiger partial charge in [-0.25, -0.2) is 0 Å². The molecule has 2 aliphatic heterocycles. The molecule has 0 saturated carbocycles. The Kier molecular flexibility index (Phi) is 4.16. The third kappa shape index (κ3) is 3.26. The molecule has 2 nitrogen and oxygen atoms in total. The van der Waals surface area contributed by atoms with E-state index in [2.05, 4.69) is 16.8 Å². The highest BCUT2D eigenvalue weighted by molar-refractivity contribution is 6.31. The zero-order chi connectivity index (χ0) is 16.0. The van der Waals surface area contributed by atoms with Crippen LogP contribution in [0, 0.1) is 5.41 Å². The zero-order valence-electron chi connectivity index (χ0n) is 12.6. The maximum absolute atomic E-state index is 12.8. The van der Waals surface area contributed by atoms with Crippen molar-refractivity contribution in [2.45, 2.75) is 25.6 Å². The van der Waals surface area contributed by atoms with Crippen LogP contribution in [0.3, 0.4) is 0 Å². The molecule has 2 heterocycles. The van der Waals surface area contributed by atoms with Crippen LogP contribution >= 0.6 is 11.6 Å². The third-order valence-corrected chi connectivity index (χ3v) is 5.28. The van der Waals surface area contributed by atoms with Crippen molar-refractivity contribution in [1.82, 2.24) is 9.80 Å². The molecule has 2 aliphatic rings. The quantitative estimate of drug-likeness (QED) is 0.810. The van der Waals surface area contributed by atoms with Crippen molar-refractivity contribution in [3.63, 3.8) is 0 Å². The van der Waals surface area contributed by atoms with Crippen molar-refractivity contribution < 1.29 is 13.2 Å². The van der Waals surface area contributed by atoms with Gasteiger partial charge in [0.1, 0.15) is 0 Å². The summed E-state index contributed by atoms with van der Waals surface area (Å²) in [7, 11) is 2.13. The maximum atomic E-state index is 12.8. The van der Waals surface area contributed by atoms with Crippen LogP contribution in [0.25, 0.3) is 0 Å². The number of alkyl halides is 3. The Morgan fingerprint density at radius 2 is 1.91 bits per heavy atom. The largest absolute Gasteiger partial charge is 0.416 e. The second-order valence-electron chi connectivity index (χ2n) is 6.75. The van der Waals surface area contributed by atoms with Gasteiger partial charge in [-0.2, -0.15) is 13.2 Å².